The zero-order valence-electron chi connectivity index (χ0n) is 11.4. The number of carboxylic acid groups (broad SMARTS) is 1. The number of benzene rings is 1. The molecule has 0 aliphatic rings. The number of carbonyl (C=O) groups excluding carboxylic acids is 1. The Morgan fingerprint density at radius 3 is 2.68 bits per heavy atom. The number of pyridine rings is 1. The molecule has 0 saturated heterocycles. The molecule has 0 atom stereocenters. The summed E-state index contributed by atoms with van der Waals surface area (Å²) in [7, 11) is 0. The highest BCUT2D eigenvalue weighted by atomic mass is 16.4. The van der Waals surface area contributed by atoms with Crippen LogP contribution >= 0.6 is 0 Å². The predicted molar refractivity (Wildman–Crippen MR) is 79.4 cm³/mol. The van der Waals surface area contributed by atoms with Gasteiger partial charge in [-0.3, -0.25) is 14.6 Å². The molecule has 1 aromatic carbocycles. The van der Waals surface area contributed by atoms with Gasteiger partial charge >= 0.3 is 5.97 Å². The largest absolute Gasteiger partial charge is 0.480 e. The van der Waals surface area contributed by atoms with Crippen LogP contribution in [0.3, 0.4) is 0 Å². The summed E-state index contributed by atoms with van der Waals surface area (Å²) in [6.45, 7) is -0.439. The number of fused-ring (bicyclic) bond motifs is 1. The van der Waals surface area contributed by atoms with Crippen LogP contribution in [0, 0.1) is 0 Å². The van der Waals surface area contributed by atoms with Crippen molar-refractivity contribution in [2.45, 2.75) is 0 Å². The first kappa shape index (κ1) is 13.8. The SMILES string of the molecule is O=C(O)CNC(=O)c1ccc(-c2cc3ccccc3o2)cn1. The van der Waals surface area contributed by atoms with E-state index in [4.69, 9.17) is 9.52 Å². The Hall–Kier alpha value is -3.15. The van der Waals surface area contributed by atoms with Gasteiger partial charge in [-0.25, -0.2) is 0 Å². The highest BCUT2D eigenvalue weighted by Gasteiger charge is 2.10. The topological polar surface area (TPSA) is 92.4 Å². The average molecular weight is 296 g/mol. The van der Waals surface area contributed by atoms with Gasteiger partial charge in [-0.1, -0.05) is 18.2 Å². The van der Waals surface area contributed by atoms with Gasteiger partial charge in [0.2, 0.25) is 0 Å². The maximum atomic E-state index is 11.7. The second kappa shape index (κ2) is 5.69. The number of carboxylic acids is 1. The van der Waals surface area contributed by atoms with Crippen LogP contribution in [0.25, 0.3) is 22.3 Å². The Morgan fingerprint density at radius 1 is 1.18 bits per heavy atom. The molecule has 0 saturated carbocycles. The number of furan rings is 1. The van der Waals surface area contributed by atoms with Crippen LogP contribution in [0.15, 0.2) is 53.1 Å². The van der Waals surface area contributed by atoms with Gasteiger partial charge < -0.3 is 14.8 Å². The van der Waals surface area contributed by atoms with Crippen LogP contribution < -0.4 is 5.32 Å². The fourth-order valence-electron chi connectivity index (χ4n) is 2.04. The van der Waals surface area contributed by atoms with E-state index in [-0.39, 0.29) is 5.69 Å². The summed E-state index contributed by atoms with van der Waals surface area (Å²) < 4.78 is 5.72. The van der Waals surface area contributed by atoms with E-state index in [9.17, 15) is 9.59 Å². The summed E-state index contributed by atoms with van der Waals surface area (Å²) in [6, 6.07) is 12.8. The van der Waals surface area contributed by atoms with Crippen LogP contribution in [-0.2, 0) is 4.79 Å². The van der Waals surface area contributed by atoms with Crippen molar-refractivity contribution in [3.63, 3.8) is 0 Å². The van der Waals surface area contributed by atoms with Crippen molar-refractivity contribution in [3.8, 4) is 11.3 Å². The van der Waals surface area contributed by atoms with Crippen molar-refractivity contribution in [3.05, 3.63) is 54.4 Å². The summed E-state index contributed by atoms with van der Waals surface area (Å²) in [4.78, 5) is 26.1. The Balaban J connectivity index is 1.81. The van der Waals surface area contributed by atoms with E-state index in [0.717, 1.165) is 16.5 Å². The summed E-state index contributed by atoms with van der Waals surface area (Å²) >= 11 is 0. The lowest BCUT2D eigenvalue weighted by Gasteiger charge is -2.02. The zero-order valence-corrected chi connectivity index (χ0v) is 11.4. The molecule has 0 radical (unpaired) electrons. The second-order valence-electron chi connectivity index (χ2n) is 4.66. The molecule has 110 valence electrons. The minimum absolute atomic E-state index is 0.154. The Kier molecular flexibility index (Phi) is 3.57. The zero-order chi connectivity index (χ0) is 15.5. The Bertz CT molecular complexity index is 804. The molecule has 0 spiro atoms. The van der Waals surface area contributed by atoms with Gasteiger partial charge in [-0.2, -0.15) is 0 Å². The first-order valence-corrected chi connectivity index (χ1v) is 6.58. The first-order chi connectivity index (χ1) is 10.6. The van der Waals surface area contributed by atoms with E-state index in [1.54, 1.807) is 6.07 Å². The van der Waals surface area contributed by atoms with E-state index < -0.39 is 18.4 Å². The first-order valence-electron chi connectivity index (χ1n) is 6.58. The summed E-state index contributed by atoms with van der Waals surface area (Å²) in [6.07, 6.45) is 1.52. The molecule has 3 rings (SSSR count). The van der Waals surface area contributed by atoms with Gasteiger partial charge in [-0.05, 0) is 24.3 Å². The molecule has 0 aliphatic carbocycles. The van der Waals surface area contributed by atoms with E-state index in [2.05, 4.69) is 10.3 Å². The number of nitrogens with zero attached hydrogens (tertiary/aromatic N) is 1. The Morgan fingerprint density at radius 2 is 2.00 bits per heavy atom. The fourth-order valence-corrected chi connectivity index (χ4v) is 2.04. The molecule has 2 N–H and O–H groups in total. The van der Waals surface area contributed by atoms with Gasteiger partial charge in [-0.15, -0.1) is 0 Å². The quantitative estimate of drug-likeness (QED) is 0.770. The van der Waals surface area contributed by atoms with Crippen molar-refractivity contribution in [1.29, 1.82) is 0 Å². The number of hydrogen-bond donors (Lipinski definition) is 2. The van der Waals surface area contributed by atoms with Crippen molar-refractivity contribution in [2.24, 2.45) is 0 Å². The summed E-state index contributed by atoms with van der Waals surface area (Å²) in [5.41, 5.74) is 1.67. The normalized spacial score (nSPS) is 10.5. The number of aliphatic carboxylic acids is 1. The molecular formula is C16H12N2O4. The number of rotatable bonds is 4. The van der Waals surface area contributed by atoms with Crippen LogP contribution in [0.5, 0.6) is 0 Å². The maximum absolute atomic E-state index is 11.7. The third kappa shape index (κ3) is 2.80. The van der Waals surface area contributed by atoms with Crippen LogP contribution in [0.4, 0.5) is 0 Å². The number of amides is 1. The van der Waals surface area contributed by atoms with Crippen molar-refractivity contribution in [1.82, 2.24) is 10.3 Å². The fraction of sp³-hybridized carbons (Fsp3) is 0.0625. The maximum Gasteiger partial charge on any atom is 0.322 e. The second-order valence-corrected chi connectivity index (χ2v) is 4.66. The molecule has 0 fully saturated rings. The molecule has 6 heteroatoms. The third-order valence-corrected chi connectivity index (χ3v) is 3.11. The molecule has 6 nitrogen and oxygen atoms in total. The predicted octanol–water partition coefficient (Wildman–Crippen LogP) is 2.31. The smallest absolute Gasteiger partial charge is 0.322 e. The monoisotopic (exact) mass is 296 g/mol. The molecule has 0 aliphatic heterocycles. The number of carbonyl (C=O) groups is 2. The number of hydrogen-bond acceptors (Lipinski definition) is 4. The van der Waals surface area contributed by atoms with Gasteiger partial charge in [0, 0.05) is 17.1 Å². The molecule has 2 heterocycles. The van der Waals surface area contributed by atoms with E-state index in [1.807, 2.05) is 30.3 Å². The van der Waals surface area contributed by atoms with Gasteiger partial charge in [0.25, 0.3) is 5.91 Å². The van der Waals surface area contributed by atoms with E-state index in [0.29, 0.717) is 5.76 Å². The molecule has 3 aromatic rings. The molecular weight excluding hydrogens is 284 g/mol. The highest BCUT2D eigenvalue weighted by molar-refractivity contribution is 5.94. The highest BCUT2D eigenvalue weighted by Crippen LogP contribution is 2.27. The molecule has 2 aromatic heterocycles. The average Bonchev–Trinajstić information content (AvgIpc) is 2.96. The molecule has 22 heavy (non-hydrogen) atoms. The minimum atomic E-state index is -1.10. The van der Waals surface area contributed by atoms with E-state index >= 15 is 0 Å². The minimum Gasteiger partial charge on any atom is -0.480 e. The summed E-state index contributed by atoms with van der Waals surface area (Å²) in [5, 5.41) is 11.8. The van der Waals surface area contributed by atoms with Gasteiger partial charge in [0.1, 0.15) is 23.6 Å². The number of para-hydroxylation sites is 1. The van der Waals surface area contributed by atoms with Crippen molar-refractivity contribution >= 4 is 22.8 Å². The van der Waals surface area contributed by atoms with Crippen molar-refractivity contribution in [2.75, 3.05) is 6.54 Å². The molecule has 0 bridgehead atoms. The standard InChI is InChI=1S/C16H12N2O4/c19-15(20)9-18-16(21)12-6-5-11(8-17-12)14-7-10-3-1-2-4-13(10)22-14/h1-8H,9H2,(H,18,21)(H,19,20). The molecule has 0 unspecified atom stereocenters. The third-order valence-electron chi connectivity index (χ3n) is 3.11. The van der Waals surface area contributed by atoms with Crippen LogP contribution in [0.2, 0.25) is 0 Å². The lowest BCUT2D eigenvalue weighted by molar-refractivity contribution is -0.135. The van der Waals surface area contributed by atoms with E-state index in [1.165, 1.54) is 12.3 Å². The van der Waals surface area contributed by atoms with Gasteiger partial charge in [0.15, 0.2) is 0 Å². The Labute approximate surface area is 125 Å². The molecule has 1 amide bonds. The van der Waals surface area contributed by atoms with Crippen LogP contribution in [0.1, 0.15) is 10.5 Å². The number of nitrogens with one attached hydrogen (secondary N) is 1. The lowest BCUT2D eigenvalue weighted by Crippen LogP contribution is -2.29. The van der Waals surface area contributed by atoms with Crippen LogP contribution in [-0.4, -0.2) is 28.5 Å². The lowest BCUT2D eigenvalue weighted by atomic mass is 10.2. The van der Waals surface area contributed by atoms with Crippen molar-refractivity contribution < 1.29 is 19.1 Å². The van der Waals surface area contributed by atoms with Gasteiger partial charge in [0.05, 0.1) is 0 Å². The summed E-state index contributed by atoms with van der Waals surface area (Å²) in [5.74, 6) is -0.975. The number of aromatic nitrogens is 1.